The highest BCUT2D eigenvalue weighted by Gasteiger charge is 2.34. The average Bonchev–Trinajstić information content (AvgIpc) is 3.11. The van der Waals surface area contributed by atoms with E-state index < -0.39 is 4.92 Å². The van der Waals surface area contributed by atoms with Crippen LogP contribution in [0.25, 0.3) is 6.08 Å². The number of anilines is 1. The number of nitro benzene ring substituents is 1. The predicted molar refractivity (Wildman–Crippen MR) is 133 cm³/mol. The largest absolute Gasteiger partial charge is 0.490 e. The zero-order valence-electron chi connectivity index (χ0n) is 17.2. The van der Waals surface area contributed by atoms with Crippen molar-refractivity contribution in [1.82, 2.24) is 0 Å². The Morgan fingerprint density at radius 3 is 2.48 bits per heavy atom. The van der Waals surface area contributed by atoms with Gasteiger partial charge in [0.05, 0.1) is 15.5 Å². The fraction of sp³-hybridized carbons (Fsp3) is 0.0833. The Morgan fingerprint density at radius 1 is 0.970 bits per heavy atom. The van der Waals surface area contributed by atoms with E-state index in [0.29, 0.717) is 33.9 Å². The number of benzene rings is 3. The van der Waals surface area contributed by atoms with E-state index in [-0.39, 0.29) is 11.6 Å². The van der Waals surface area contributed by atoms with E-state index in [1.807, 2.05) is 54.6 Å². The predicted octanol–water partition coefficient (Wildman–Crippen LogP) is 5.46. The first kappa shape index (κ1) is 22.5. The maximum absolute atomic E-state index is 13.0. The molecular formula is C24H18N2O5S2. The van der Waals surface area contributed by atoms with Crippen LogP contribution in [0.4, 0.5) is 11.4 Å². The van der Waals surface area contributed by atoms with Crippen molar-refractivity contribution in [3.05, 3.63) is 99.4 Å². The van der Waals surface area contributed by atoms with Gasteiger partial charge in [0.1, 0.15) is 24.7 Å². The van der Waals surface area contributed by atoms with Crippen molar-refractivity contribution in [3.8, 4) is 11.5 Å². The van der Waals surface area contributed by atoms with Crippen molar-refractivity contribution >= 4 is 51.7 Å². The van der Waals surface area contributed by atoms with E-state index >= 15 is 0 Å². The molecule has 0 N–H and O–H groups in total. The van der Waals surface area contributed by atoms with E-state index in [4.69, 9.17) is 21.7 Å². The smallest absolute Gasteiger partial charge is 0.271 e. The zero-order chi connectivity index (χ0) is 23.2. The molecule has 0 radical (unpaired) electrons. The van der Waals surface area contributed by atoms with Crippen molar-refractivity contribution in [1.29, 1.82) is 0 Å². The Labute approximate surface area is 199 Å². The van der Waals surface area contributed by atoms with Crippen molar-refractivity contribution < 1.29 is 19.2 Å². The molecule has 1 aliphatic rings. The molecule has 4 rings (SSSR count). The van der Waals surface area contributed by atoms with E-state index in [2.05, 4.69) is 0 Å². The van der Waals surface area contributed by atoms with Crippen molar-refractivity contribution in [2.24, 2.45) is 0 Å². The molecule has 7 nitrogen and oxygen atoms in total. The number of carbonyl (C=O) groups excluding carboxylic acids is 1. The number of rotatable bonds is 8. The molecule has 0 spiro atoms. The van der Waals surface area contributed by atoms with Gasteiger partial charge in [0, 0.05) is 17.7 Å². The van der Waals surface area contributed by atoms with Crippen LogP contribution in [-0.4, -0.2) is 28.4 Å². The number of hydrogen-bond acceptors (Lipinski definition) is 7. The fourth-order valence-corrected chi connectivity index (χ4v) is 4.43. The molecule has 0 bridgehead atoms. The fourth-order valence-electron chi connectivity index (χ4n) is 3.14. The van der Waals surface area contributed by atoms with Gasteiger partial charge < -0.3 is 9.47 Å². The standard InChI is InChI=1S/C24H18N2O5S2/c27-23-22(33-24(32)25(23)18-8-6-9-19(16-18)26(28)29)15-17-7-4-5-12-21(17)31-14-13-30-20-10-2-1-3-11-20/h1-12,15-16H,13-14H2/b22-15-. The van der Waals surface area contributed by atoms with E-state index in [0.717, 1.165) is 23.1 Å². The van der Waals surface area contributed by atoms with Crippen molar-refractivity contribution in [2.75, 3.05) is 18.1 Å². The molecule has 0 atom stereocenters. The minimum atomic E-state index is -0.508. The van der Waals surface area contributed by atoms with Gasteiger partial charge in [-0.25, -0.2) is 0 Å². The summed E-state index contributed by atoms with van der Waals surface area (Å²) in [7, 11) is 0. The van der Waals surface area contributed by atoms with Crippen LogP contribution in [0.5, 0.6) is 11.5 Å². The van der Waals surface area contributed by atoms with Gasteiger partial charge in [-0.1, -0.05) is 66.4 Å². The summed E-state index contributed by atoms with van der Waals surface area (Å²) in [6, 6.07) is 22.6. The number of thiocarbonyl (C=S) groups is 1. The lowest BCUT2D eigenvalue weighted by molar-refractivity contribution is -0.384. The summed E-state index contributed by atoms with van der Waals surface area (Å²) in [5.74, 6) is 1.03. The monoisotopic (exact) mass is 478 g/mol. The van der Waals surface area contributed by atoms with Crippen LogP contribution >= 0.6 is 24.0 Å². The van der Waals surface area contributed by atoms with E-state index in [1.54, 1.807) is 12.1 Å². The number of hydrogen-bond donors (Lipinski definition) is 0. The number of carbonyl (C=O) groups is 1. The molecule has 1 heterocycles. The normalized spacial score (nSPS) is 14.5. The second-order valence-corrected chi connectivity index (χ2v) is 8.52. The topological polar surface area (TPSA) is 81.9 Å². The Balaban J connectivity index is 1.48. The number of ether oxygens (including phenoxy) is 2. The van der Waals surface area contributed by atoms with Crippen LogP contribution < -0.4 is 14.4 Å². The first-order valence-electron chi connectivity index (χ1n) is 9.95. The third-order valence-corrected chi connectivity index (χ3v) is 5.95. The second kappa shape index (κ2) is 10.3. The molecule has 1 amide bonds. The summed E-state index contributed by atoms with van der Waals surface area (Å²) in [6.07, 6.45) is 1.71. The minimum Gasteiger partial charge on any atom is -0.490 e. The zero-order valence-corrected chi connectivity index (χ0v) is 18.9. The lowest BCUT2D eigenvalue weighted by atomic mass is 10.2. The van der Waals surface area contributed by atoms with Crippen LogP contribution in [0.2, 0.25) is 0 Å². The summed E-state index contributed by atoms with van der Waals surface area (Å²) in [6.45, 7) is 0.696. The van der Waals surface area contributed by atoms with Gasteiger partial charge in [0.25, 0.3) is 11.6 Å². The highest BCUT2D eigenvalue weighted by molar-refractivity contribution is 8.27. The number of non-ortho nitro benzene ring substituents is 1. The third kappa shape index (κ3) is 5.39. The number of thioether (sulfide) groups is 1. The Kier molecular flexibility index (Phi) is 7.01. The Hall–Kier alpha value is -3.69. The Bertz CT molecular complexity index is 1230. The maximum Gasteiger partial charge on any atom is 0.271 e. The third-order valence-electron chi connectivity index (χ3n) is 4.65. The molecule has 3 aromatic carbocycles. The first-order chi connectivity index (χ1) is 16.0. The van der Waals surface area contributed by atoms with Gasteiger partial charge in [-0.2, -0.15) is 0 Å². The van der Waals surface area contributed by atoms with Crippen LogP contribution in [0, 0.1) is 10.1 Å². The quantitative estimate of drug-likeness (QED) is 0.140. The van der Waals surface area contributed by atoms with Gasteiger partial charge in [-0.15, -0.1) is 0 Å². The van der Waals surface area contributed by atoms with E-state index in [1.165, 1.54) is 23.1 Å². The number of para-hydroxylation sites is 2. The Morgan fingerprint density at radius 2 is 1.70 bits per heavy atom. The molecule has 0 aromatic heterocycles. The van der Waals surface area contributed by atoms with Gasteiger partial charge in [-0.05, 0) is 30.3 Å². The SMILES string of the molecule is O=C1/C(=C/c2ccccc2OCCOc2ccccc2)SC(=S)N1c1cccc([N+](=O)[O-])c1. The highest BCUT2D eigenvalue weighted by atomic mass is 32.2. The molecule has 33 heavy (non-hydrogen) atoms. The molecule has 1 aliphatic heterocycles. The van der Waals surface area contributed by atoms with Crippen LogP contribution in [-0.2, 0) is 4.79 Å². The van der Waals surface area contributed by atoms with Gasteiger partial charge >= 0.3 is 0 Å². The number of amides is 1. The average molecular weight is 479 g/mol. The molecule has 9 heteroatoms. The molecular weight excluding hydrogens is 460 g/mol. The summed E-state index contributed by atoms with van der Waals surface area (Å²) >= 11 is 6.52. The number of nitro groups is 1. The molecule has 166 valence electrons. The van der Waals surface area contributed by atoms with Gasteiger partial charge in [0.2, 0.25) is 0 Å². The van der Waals surface area contributed by atoms with Crippen LogP contribution in [0.15, 0.2) is 83.8 Å². The van der Waals surface area contributed by atoms with Gasteiger partial charge in [0.15, 0.2) is 4.32 Å². The summed E-state index contributed by atoms with van der Waals surface area (Å²) < 4.78 is 11.8. The number of nitrogens with zero attached hydrogens (tertiary/aromatic N) is 2. The molecule has 0 unspecified atom stereocenters. The summed E-state index contributed by atoms with van der Waals surface area (Å²) in [5.41, 5.74) is 0.969. The van der Waals surface area contributed by atoms with Crippen LogP contribution in [0.1, 0.15) is 5.56 Å². The van der Waals surface area contributed by atoms with E-state index in [9.17, 15) is 14.9 Å². The lowest BCUT2D eigenvalue weighted by Crippen LogP contribution is -2.27. The first-order valence-corrected chi connectivity index (χ1v) is 11.2. The van der Waals surface area contributed by atoms with Gasteiger partial charge in [-0.3, -0.25) is 19.8 Å². The van der Waals surface area contributed by atoms with Crippen molar-refractivity contribution in [3.63, 3.8) is 0 Å². The molecule has 3 aromatic rings. The highest BCUT2D eigenvalue weighted by Crippen LogP contribution is 2.38. The lowest BCUT2D eigenvalue weighted by Gasteiger charge is -2.14. The molecule has 0 aliphatic carbocycles. The summed E-state index contributed by atoms with van der Waals surface area (Å²) in [5, 5.41) is 11.1. The molecule has 0 saturated carbocycles. The minimum absolute atomic E-state index is 0.109. The van der Waals surface area contributed by atoms with Crippen molar-refractivity contribution in [2.45, 2.75) is 0 Å². The van der Waals surface area contributed by atoms with Crippen LogP contribution in [0.3, 0.4) is 0 Å². The summed E-state index contributed by atoms with van der Waals surface area (Å²) in [4.78, 5) is 25.3. The second-order valence-electron chi connectivity index (χ2n) is 6.84. The molecule has 1 fully saturated rings. The molecule has 1 saturated heterocycles. The maximum atomic E-state index is 13.0.